The molecule has 0 saturated carbocycles. The highest BCUT2D eigenvalue weighted by Gasteiger charge is 2.25. The molecule has 7 nitrogen and oxygen atoms in total. The number of benzene rings is 3. The van der Waals surface area contributed by atoms with Crippen LogP contribution in [-0.2, 0) is 32.6 Å². The van der Waals surface area contributed by atoms with Crippen molar-refractivity contribution < 1.29 is 17.9 Å². The molecule has 4 rings (SSSR count). The number of hydrogen-bond donors (Lipinski definition) is 0. The van der Waals surface area contributed by atoms with Gasteiger partial charge in [0.2, 0.25) is 10.0 Å². The molecule has 8 heteroatoms. The maximum atomic E-state index is 13.6. The minimum atomic E-state index is -3.79. The van der Waals surface area contributed by atoms with E-state index in [0.29, 0.717) is 0 Å². The Morgan fingerprint density at radius 2 is 1.53 bits per heavy atom. The normalized spacial score (nSPS) is 12.3. The molecule has 36 heavy (non-hydrogen) atoms. The molecule has 1 unspecified atom stereocenters. The minimum Gasteiger partial charge on any atom is -0.469 e. The Bertz CT molecular complexity index is 1410. The molecule has 4 aromatic rings. The summed E-state index contributed by atoms with van der Waals surface area (Å²) in [5.74, 6) is -0.798. The number of carbonyl (C=O) groups excluding carboxylic acids is 1. The molecule has 0 radical (unpaired) electrons. The van der Waals surface area contributed by atoms with E-state index < -0.39 is 15.9 Å². The fourth-order valence-corrected chi connectivity index (χ4v) is 5.34. The highest BCUT2D eigenvalue weighted by molar-refractivity contribution is 7.89. The number of hydrogen-bond acceptors (Lipinski definition) is 6. The SMILES string of the molecule is COC(=O)C(C)c1cccc(CN(Cc2ccc(-c3cncnc3)cc2)S(=O)(=O)c2ccccc2)c1. The van der Waals surface area contributed by atoms with Gasteiger partial charge in [0.1, 0.15) is 6.33 Å². The van der Waals surface area contributed by atoms with Gasteiger partial charge in [-0.2, -0.15) is 4.31 Å². The zero-order chi connectivity index (χ0) is 25.5. The summed E-state index contributed by atoms with van der Waals surface area (Å²) in [7, 11) is -2.44. The second-order valence-corrected chi connectivity index (χ2v) is 10.3. The zero-order valence-corrected chi connectivity index (χ0v) is 20.9. The van der Waals surface area contributed by atoms with Crippen molar-refractivity contribution in [3.63, 3.8) is 0 Å². The van der Waals surface area contributed by atoms with Crippen molar-refractivity contribution in [2.24, 2.45) is 0 Å². The van der Waals surface area contributed by atoms with Crippen molar-refractivity contribution in [1.29, 1.82) is 0 Å². The lowest BCUT2D eigenvalue weighted by molar-refractivity contribution is -0.141. The van der Waals surface area contributed by atoms with Crippen LogP contribution in [0.25, 0.3) is 11.1 Å². The Morgan fingerprint density at radius 3 is 2.19 bits per heavy atom. The van der Waals surface area contributed by atoms with Gasteiger partial charge in [0.05, 0.1) is 17.9 Å². The Hall–Kier alpha value is -3.88. The minimum absolute atomic E-state index is 0.146. The number of ether oxygens (including phenoxy) is 1. The van der Waals surface area contributed by atoms with Crippen LogP contribution in [0.5, 0.6) is 0 Å². The summed E-state index contributed by atoms with van der Waals surface area (Å²) in [6, 6.07) is 23.5. The molecule has 0 saturated heterocycles. The largest absolute Gasteiger partial charge is 0.469 e. The van der Waals surface area contributed by atoms with Crippen LogP contribution in [0.2, 0.25) is 0 Å². The van der Waals surface area contributed by atoms with E-state index in [4.69, 9.17) is 4.74 Å². The molecule has 184 valence electrons. The number of nitrogens with zero attached hydrogens (tertiary/aromatic N) is 3. The summed E-state index contributed by atoms with van der Waals surface area (Å²) in [6.07, 6.45) is 4.94. The summed E-state index contributed by atoms with van der Waals surface area (Å²) in [6.45, 7) is 2.09. The third-order valence-electron chi connectivity index (χ3n) is 5.95. The van der Waals surface area contributed by atoms with E-state index in [1.165, 1.54) is 17.7 Å². The van der Waals surface area contributed by atoms with Gasteiger partial charge in [0.25, 0.3) is 0 Å². The fraction of sp³-hybridized carbons (Fsp3) is 0.179. The number of aromatic nitrogens is 2. The molecule has 1 aromatic heterocycles. The molecule has 0 aliphatic heterocycles. The first-order valence-corrected chi connectivity index (χ1v) is 12.9. The number of esters is 1. The van der Waals surface area contributed by atoms with E-state index in [-0.39, 0.29) is 24.0 Å². The van der Waals surface area contributed by atoms with Gasteiger partial charge in [0, 0.05) is 31.0 Å². The second-order valence-electron chi connectivity index (χ2n) is 8.40. The smallest absolute Gasteiger partial charge is 0.312 e. The van der Waals surface area contributed by atoms with Crippen LogP contribution in [0.15, 0.2) is 102 Å². The molecule has 0 aliphatic carbocycles. The van der Waals surface area contributed by atoms with Crippen LogP contribution in [-0.4, -0.2) is 35.8 Å². The summed E-state index contributed by atoms with van der Waals surface area (Å²) in [5.41, 5.74) is 4.22. The number of methoxy groups -OCH3 is 1. The van der Waals surface area contributed by atoms with Gasteiger partial charge in [-0.05, 0) is 41.3 Å². The number of carbonyl (C=O) groups is 1. The van der Waals surface area contributed by atoms with Gasteiger partial charge in [-0.15, -0.1) is 0 Å². The topological polar surface area (TPSA) is 89.5 Å². The van der Waals surface area contributed by atoms with E-state index in [0.717, 1.165) is 27.8 Å². The van der Waals surface area contributed by atoms with Crippen molar-refractivity contribution in [3.05, 3.63) is 114 Å². The maximum absolute atomic E-state index is 13.6. The van der Waals surface area contributed by atoms with Crippen LogP contribution < -0.4 is 0 Å². The summed E-state index contributed by atoms with van der Waals surface area (Å²) in [5, 5.41) is 0. The van der Waals surface area contributed by atoms with E-state index in [1.54, 1.807) is 49.6 Å². The van der Waals surface area contributed by atoms with E-state index >= 15 is 0 Å². The van der Waals surface area contributed by atoms with Crippen LogP contribution in [0.1, 0.15) is 29.5 Å². The third-order valence-corrected chi connectivity index (χ3v) is 7.76. The Labute approximate surface area is 211 Å². The fourth-order valence-electron chi connectivity index (χ4n) is 3.90. The molecule has 0 aliphatic rings. The number of sulfonamides is 1. The maximum Gasteiger partial charge on any atom is 0.312 e. The first-order chi connectivity index (χ1) is 17.4. The molecular weight excluding hydrogens is 474 g/mol. The quantitative estimate of drug-likeness (QED) is 0.306. The van der Waals surface area contributed by atoms with Crippen molar-refractivity contribution in [2.75, 3.05) is 7.11 Å². The van der Waals surface area contributed by atoms with Crippen LogP contribution in [0.4, 0.5) is 0 Å². The van der Waals surface area contributed by atoms with E-state index in [1.807, 2.05) is 48.5 Å². The van der Waals surface area contributed by atoms with Gasteiger partial charge < -0.3 is 4.74 Å². The monoisotopic (exact) mass is 501 g/mol. The van der Waals surface area contributed by atoms with E-state index in [9.17, 15) is 13.2 Å². The zero-order valence-electron chi connectivity index (χ0n) is 20.1. The van der Waals surface area contributed by atoms with Gasteiger partial charge in [-0.1, -0.05) is 66.7 Å². The number of rotatable bonds is 9. The molecule has 0 spiro atoms. The van der Waals surface area contributed by atoms with Gasteiger partial charge in [-0.3, -0.25) is 4.79 Å². The molecule has 1 atom stereocenters. The predicted molar refractivity (Wildman–Crippen MR) is 137 cm³/mol. The van der Waals surface area contributed by atoms with Crippen LogP contribution >= 0.6 is 0 Å². The molecule has 0 fully saturated rings. The van der Waals surface area contributed by atoms with Crippen LogP contribution in [0, 0.1) is 0 Å². The third kappa shape index (κ3) is 5.84. The molecular formula is C28H27N3O4S. The molecule has 1 heterocycles. The highest BCUT2D eigenvalue weighted by atomic mass is 32.2. The van der Waals surface area contributed by atoms with Crippen molar-refractivity contribution in [2.45, 2.75) is 30.8 Å². The van der Waals surface area contributed by atoms with Crippen molar-refractivity contribution in [1.82, 2.24) is 14.3 Å². The van der Waals surface area contributed by atoms with Crippen molar-refractivity contribution >= 4 is 16.0 Å². The average molecular weight is 502 g/mol. The Balaban J connectivity index is 1.64. The lowest BCUT2D eigenvalue weighted by Crippen LogP contribution is -2.30. The van der Waals surface area contributed by atoms with Gasteiger partial charge >= 0.3 is 5.97 Å². The van der Waals surface area contributed by atoms with Gasteiger partial charge in [0.15, 0.2) is 0 Å². The lowest BCUT2D eigenvalue weighted by Gasteiger charge is -2.23. The molecule has 0 bridgehead atoms. The Kier molecular flexibility index (Phi) is 7.87. The highest BCUT2D eigenvalue weighted by Crippen LogP contribution is 2.25. The standard InChI is InChI=1S/C28H27N3O4S/c1-21(28(32)35-2)25-8-6-7-23(15-25)19-31(36(33,34)27-9-4-3-5-10-27)18-22-11-13-24(14-12-22)26-16-29-20-30-17-26/h3-17,20-21H,18-19H2,1-2H3. The van der Waals surface area contributed by atoms with Crippen LogP contribution in [0.3, 0.4) is 0 Å². The van der Waals surface area contributed by atoms with E-state index in [2.05, 4.69) is 9.97 Å². The first-order valence-electron chi connectivity index (χ1n) is 11.4. The summed E-state index contributed by atoms with van der Waals surface area (Å²) < 4.78 is 33.6. The summed E-state index contributed by atoms with van der Waals surface area (Å²) >= 11 is 0. The Morgan fingerprint density at radius 1 is 0.861 bits per heavy atom. The van der Waals surface area contributed by atoms with Crippen molar-refractivity contribution in [3.8, 4) is 11.1 Å². The van der Waals surface area contributed by atoms with Gasteiger partial charge in [-0.25, -0.2) is 18.4 Å². The first kappa shape index (κ1) is 25.2. The molecule has 3 aromatic carbocycles. The lowest BCUT2D eigenvalue weighted by atomic mass is 9.99. The summed E-state index contributed by atoms with van der Waals surface area (Å²) in [4.78, 5) is 20.4. The predicted octanol–water partition coefficient (Wildman–Crippen LogP) is 4.81. The molecule has 0 N–H and O–H groups in total. The average Bonchev–Trinajstić information content (AvgIpc) is 2.93. The second kappa shape index (κ2) is 11.2. The molecule has 0 amide bonds.